The lowest BCUT2D eigenvalue weighted by molar-refractivity contribution is -0.141. The van der Waals surface area contributed by atoms with Gasteiger partial charge in [-0.25, -0.2) is 0 Å². The number of amides is 1. The molecule has 0 heterocycles. The van der Waals surface area contributed by atoms with Gasteiger partial charge in [-0.3, -0.25) is 9.59 Å². The van der Waals surface area contributed by atoms with Gasteiger partial charge in [0.25, 0.3) is 0 Å². The molecule has 1 aromatic rings. The molecule has 166 valence electrons. The second-order valence-electron chi connectivity index (χ2n) is 10.7. The summed E-state index contributed by atoms with van der Waals surface area (Å²) in [5.41, 5.74) is 2.83. The van der Waals surface area contributed by atoms with E-state index in [0.717, 1.165) is 38.5 Å². The summed E-state index contributed by atoms with van der Waals surface area (Å²) in [6, 6.07) is 9.11. The van der Waals surface area contributed by atoms with E-state index >= 15 is 0 Å². The Balaban J connectivity index is 1.53. The molecule has 2 saturated carbocycles. The van der Waals surface area contributed by atoms with E-state index < -0.39 is 0 Å². The van der Waals surface area contributed by atoms with Crippen LogP contribution in [0.25, 0.3) is 0 Å². The number of hydrogen-bond donors (Lipinski definition) is 1. The number of benzene rings is 1. The smallest absolute Gasteiger partial charge is 0.220 e. The first-order valence-corrected chi connectivity index (χ1v) is 11.6. The molecule has 0 radical (unpaired) electrons. The maximum Gasteiger partial charge on any atom is 0.220 e. The maximum atomic E-state index is 12.7. The van der Waals surface area contributed by atoms with Crippen LogP contribution in [0.15, 0.2) is 24.3 Å². The molecule has 3 rings (SSSR count). The molecule has 1 amide bonds. The summed E-state index contributed by atoms with van der Waals surface area (Å²) in [5, 5.41) is 3.31. The Hall–Kier alpha value is -1.68. The Morgan fingerprint density at radius 2 is 1.83 bits per heavy atom. The van der Waals surface area contributed by atoms with E-state index in [1.54, 1.807) is 6.92 Å². The second kappa shape index (κ2) is 8.82. The lowest BCUT2D eigenvalue weighted by atomic mass is 9.52. The molecule has 1 N–H and O–H groups in total. The molecule has 0 saturated heterocycles. The Kier molecular flexibility index (Phi) is 6.76. The van der Waals surface area contributed by atoms with Gasteiger partial charge in [0.2, 0.25) is 5.91 Å². The Bertz CT molecular complexity index is 775. The zero-order valence-electron chi connectivity index (χ0n) is 19.8. The molecule has 2 aliphatic carbocycles. The van der Waals surface area contributed by atoms with Crippen molar-refractivity contribution < 1.29 is 9.59 Å². The van der Waals surface area contributed by atoms with Gasteiger partial charge in [-0.05, 0) is 83.4 Å². The molecule has 4 heteroatoms. The van der Waals surface area contributed by atoms with Crippen LogP contribution in [0.4, 0.5) is 0 Å². The van der Waals surface area contributed by atoms with E-state index in [0.29, 0.717) is 12.3 Å². The second-order valence-corrected chi connectivity index (χ2v) is 10.7. The van der Waals surface area contributed by atoms with E-state index in [-0.39, 0.29) is 34.6 Å². The van der Waals surface area contributed by atoms with Crippen LogP contribution in [0.2, 0.25) is 0 Å². The number of rotatable bonds is 7. The molecule has 0 spiro atoms. The van der Waals surface area contributed by atoms with Gasteiger partial charge in [0.1, 0.15) is 5.78 Å². The maximum absolute atomic E-state index is 12.7. The summed E-state index contributed by atoms with van der Waals surface area (Å²) in [7, 11) is 4.39. The summed E-state index contributed by atoms with van der Waals surface area (Å²) in [4.78, 5) is 26.8. The predicted octanol–water partition coefficient (Wildman–Crippen LogP) is 4.54. The van der Waals surface area contributed by atoms with Crippen molar-refractivity contribution in [2.45, 2.75) is 84.2 Å². The molecule has 2 aliphatic rings. The Morgan fingerprint density at radius 3 is 2.37 bits per heavy atom. The van der Waals surface area contributed by atoms with Gasteiger partial charge in [0.15, 0.2) is 0 Å². The van der Waals surface area contributed by atoms with Gasteiger partial charge >= 0.3 is 0 Å². The topological polar surface area (TPSA) is 49.4 Å². The third-order valence-corrected chi connectivity index (χ3v) is 8.24. The lowest BCUT2D eigenvalue weighted by Crippen LogP contribution is -2.53. The third kappa shape index (κ3) is 4.80. The van der Waals surface area contributed by atoms with Gasteiger partial charge in [0.05, 0.1) is 0 Å². The summed E-state index contributed by atoms with van der Waals surface area (Å²) in [6.07, 6.45) is 6.72. The number of nitrogens with one attached hydrogen (secondary N) is 1. The van der Waals surface area contributed by atoms with Crippen molar-refractivity contribution in [2.75, 3.05) is 14.1 Å². The van der Waals surface area contributed by atoms with Crippen molar-refractivity contribution in [2.24, 2.45) is 17.3 Å². The van der Waals surface area contributed by atoms with Crippen molar-refractivity contribution in [1.82, 2.24) is 10.2 Å². The van der Waals surface area contributed by atoms with Crippen LogP contribution in [0, 0.1) is 24.2 Å². The van der Waals surface area contributed by atoms with E-state index in [1.165, 1.54) is 11.1 Å². The van der Waals surface area contributed by atoms with Crippen molar-refractivity contribution in [3.05, 3.63) is 35.4 Å². The summed E-state index contributed by atoms with van der Waals surface area (Å²) >= 11 is 0. The summed E-state index contributed by atoms with van der Waals surface area (Å²) in [6.45, 7) is 8.11. The Labute approximate surface area is 182 Å². The fraction of sp³-hybridized carbons (Fsp3) is 0.692. The molecule has 0 bridgehead atoms. The van der Waals surface area contributed by atoms with Gasteiger partial charge in [-0.15, -0.1) is 0 Å². The van der Waals surface area contributed by atoms with Crippen molar-refractivity contribution >= 4 is 11.7 Å². The van der Waals surface area contributed by atoms with Crippen LogP contribution in [0.1, 0.15) is 70.4 Å². The number of nitrogens with zero attached hydrogens (tertiary/aromatic N) is 1. The summed E-state index contributed by atoms with van der Waals surface area (Å²) < 4.78 is 0. The Morgan fingerprint density at radius 1 is 1.17 bits per heavy atom. The molecule has 0 aromatic heterocycles. The first-order chi connectivity index (χ1) is 14.0. The first kappa shape index (κ1) is 23.0. The van der Waals surface area contributed by atoms with E-state index in [4.69, 9.17) is 0 Å². The lowest BCUT2D eigenvalue weighted by Gasteiger charge is -2.51. The zero-order chi connectivity index (χ0) is 22.1. The van der Waals surface area contributed by atoms with E-state index in [2.05, 4.69) is 69.3 Å². The number of Topliss-reactive ketones (excluding diaryl/α,β-unsaturated/α-hetero) is 1. The largest absolute Gasteiger partial charge is 0.353 e. The zero-order valence-corrected chi connectivity index (χ0v) is 19.8. The molecule has 4 nitrogen and oxygen atoms in total. The fourth-order valence-corrected chi connectivity index (χ4v) is 5.85. The average Bonchev–Trinajstić information content (AvgIpc) is 2.66. The third-order valence-electron chi connectivity index (χ3n) is 8.24. The molecule has 2 unspecified atom stereocenters. The van der Waals surface area contributed by atoms with Gasteiger partial charge in [0, 0.05) is 23.9 Å². The minimum atomic E-state index is -0.0520. The number of carbonyl (C=O) groups excluding carboxylic acids is 2. The highest BCUT2D eigenvalue weighted by Gasteiger charge is 2.50. The quantitative estimate of drug-likeness (QED) is 0.715. The highest BCUT2D eigenvalue weighted by Crippen LogP contribution is 2.53. The van der Waals surface area contributed by atoms with Crippen LogP contribution in [-0.4, -0.2) is 42.3 Å². The van der Waals surface area contributed by atoms with Crippen LogP contribution in [0.3, 0.4) is 0 Å². The fourth-order valence-electron chi connectivity index (χ4n) is 5.85. The number of likely N-dealkylation sites (N-methyl/N-ethyl adjacent to an activating group) is 1. The van der Waals surface area contributed by atoms with Gasteiger partial charge in [-0.1, -0.05) is 43.7 Å². The monoisotopic (exact) mass is 412 g/mol. The molecular formula is C26H40N2O2. The normalized spacial score (nSPS) is 30.6. The van der Waals surface area contributed by atoms with E-state index in [9.17, 15) is 9.59 Å². The molecule has 2 fully saturated rings. The van der Waals surface area contributed by atoms with Crippen LogP contribution in [0.5, 0.6) is 0 Å². The number of aryl methyl sites for hydroxylation is 1. The predicted molar refractivity (Wildman–Crippen MR) is 122 cm³/mol. The van der Waals surface area contributed by atoms with Crippen molar-refractivity contribution in [1.29, 1.82) is 0 Å². The van der Waals surface area contributed by atoms with Gasteiger partial charge in [-0.2, -0.15) is 0 Å². The highest BCUT2D eigenvalue weighted by atomic mass is 16.1. The van der Waals surface area contributed by atoms with Crippen LogP contribution >= 0.6 is 0 Å². The number of ketones is 1. The minimum Gasteiger partial charge on any atom is -0.353 e. The van der Waals surface area contributed by atoms with Crippen molar-refractivity contribution in [3.63, 3.8) is 0 Å². The SMILES string of the molecule is CC(=O)C1CC(CC(=O)NC2CCC(Cc3cccc(C)c3)(N(C)C)CC2)C1(C)C. The minimum absolute atomic E-state index is 0.0520. The van der Waals surface area contributed by atoms with E-state index in [1.807, 2.05) is 0 Å². The highest BCUT2D eigenvalue weighted by molar-refractivity contribution is 5.81. The molecule has 2 atom stereocenters. The standard InChI is InChI=1S/C26H40N2O2/c1-18-8-7-9-20(14-18)17-26(28(5)6)12-10-22(11-13-26)27-24(30)16-21-15-23(19(2)29)25(21,3)4/h7-9,14,21-23H,10-13,15-17H2,1-6H3,(H,27,30). The molecule has 30 heavy (non-hydrogen) atoms. The number of carbonyl (C=O) groups is 2. The first-order valence-electron chi connectivity index (χ1n) is 11.6. The van der Waals surface area contributed by atoms with Crippen molar-refractivity contribution in [3.8, 4) is 0 Å². The summed E-state index contributed by atoms with van der Waals surface area (Å²) in [5.74, 6) is 0.859. The molecule has 0 aliphatic heterocycles. The van der Waals surface area contributed by atoms with Gasteiger partial charge < -0.3 is 10.2 Å². The average molecular weight is 413 g/mol. The van der Waals surface area contributed by atoms with Crippen LogP contribution < -0.4 is 5.32 Å². The number of hydrogen-bond acceptors (Lipinski definition) is 3. The van der Waals surface area contributed by atoms with Crippen LogP contribution in [-0.2, 0) is 16.0 Å². The molecular weight excluding hydrogens is 372 g/mol. The molecule has 1 aromatic carbocycles.